The predicted molar refractivity (Wildman–Crippen MR) is 89.8 cm³/mol. The van der Waals surface area contributed by atoms with Gasteiger partial charge in [-0.1, -0.05) is 22.9 Å². The largest absolute Gasteiger partial charge is 0.492 e. The third-order valence-electron chi connectivity index (χ3n) is 3.43. The fourth-order valence-corrected chi connectivity index (χ4v) is 3.64. The fraction of sp³-hybridized carbons (Fsp3) is 0.400. The second-order valence-corrected chi connectivity index (χ2v) is 7.94. The Morgan fingerprint density at radius 1 is 1.27 bits per heavy atom. The molecule has 0 atom stereocenters. The van der Waals surface area contributed by atoms with E-state index in [1.54, 1.807) is 0 Å². The summed E-state index contributed by atoms with van der Waals surface area (Å²) in [4.78, 5) is 0. The van der Waals surface area contributed by atoms with Crippen molar-refractivity contribution in [2.45, 2.75) is 32.2 Å². The minimum Gasteiger partial charge on any atom is -0.492 e. The molecule has 0 aliphatic rings. The highest BCUT2D eigenvalue weighted by Gasteiger charge is 2.26. The maximum atomic E-state index is 12.2. The molecular weight excluding hydrogens is 368 g/mol. The second-order valence-electron chi connectivity index (χ2n) is 5.22. The Labute approximate surface area is 139 Å². The zero-order valence-corrected chi connectivity index (χ0v) is 15.7. The van der Waals surface area contributed by atoms with E-state index in [1.165, 1.54) is 18.0 Å². The smallest absolute Gasteiger partial charge is 0.201 e. The molecule has 1 aromatic heterocycles. The van der Waals surface area contributed by atoms with E-state index in [1.807, 2.05) is 32.9 Å². The molecule has 1 aromatic carbocycles. The van der Waals surface area contributed by atoms with Gasteiger partial charge in [-0.05, 0) is 43.5 Å². The molecule has 2 aromatic rings. The molecule has 0 N–H and O–H groups in total. The average Bonchev–Trinajstić information content (AvgIpc) is 2.82. The van der Waals surface area contributed by atoms with Crippen LogP contribution in [0.5, 0.6) is 5.75 Å². The normalized spacial score (nSPS) is 11.7. The number of methoxy groups -OCH3 is 1. The number of aryl methyl sites for hydroxylation is 3. The van der Waals surface area contributed by atoms with Crippen molar-refractivity contribution in [3.05, 3.63) is 33.4 Å². The van der Waals surface area contributed by atoms with Crippen LogP contribution >= 0.6 is 15.9 Å². The highest BCUT2D eigenvalue weighted by molar-refractivity contribution is 9.10. The fourth-order valence-electron chi connectivity index (χ4n) is 2.41. The van der Waals surface area contributed by atoms with Crippen molar-refractivity contribution >= 4 is 25.8 Å². The molecular formula is C15H19BrN2O3S. The highest BCUT2D eigenvalue weighted by atomic mass is 79.9. The molecule has 0 saturated heterocycles. The monoisotopic (exact) mass is 386 g/mol. The van der Waals surface area contributed by atoms with Gasteiger partial charge >= 0.3 is 0 Å². The van der Waals surface area contributed by atoms with Crippen LogP contribution in [0.15, 0.2) is 21.6 Å². The van der Waals surface area contributed by atoms with Gasteiger partial charge in [-0.25, -0.2) is 13.1 Å². The van der Waals surface area contributed by atoms with Gasteiger partial charge in [0, 0.05) is 10.7 Å². The topological polar surface area (TPSA) is 61.2 Å². The SMILES string of the molecule is CCc1nn(-c2cc(C)c(Br)c(C)c2)c(S(C)(=O)=O)c1OC. The van der Waals surface area contributed by atoms with Gasteiger partial charge in [0.15, 0.2) is 15.6 Å². The van der Waals surface area contributed by atoms with Crippen LogP contribution in [0.3, 0.4) is 0 Å². The Kier molecular flexibility index (Phi) is 4.67. The van der Waals surface area contributed by atoms with Gasteiger partial charge in [0.2, 0.25) is 5.03 Å². The van der Waals surface area contributed by atoms with Gasteiger partial charge in [0.05, 0.1) is 12.8 Å². The van der Waals surface area contributed by atoms with Crippen molar-refractivity contribution in [2.24, 2.45) is 0 Å². The standard InChI is InChI=1S/C15H19BrN2O3S/c1-6-12-14(21-4)15(22(5,19)20)18(17-12)11-7-9(2)13(16)10(3)8-11/h7-8H,6H2,1-5H3. The van der Waals surface area contributed by atoms with Crippen LogP contribution in [0.2, 0.25) is 0 Å². The Bertz CT molecular complexity index is 803. The third-order valence-corrected chi connectivity index (χ3v) is 5.74. The lowest BCUT2D eigenvalue weighted by atomic mass is 10.1. The number of benzene rings is 1. The molecule has 0 radical (unpaired) electrons. The molecule has 0 spiro atoms. The Balaban J connectivity index is 2.84. The van der Waals surface area contributed by atoms with Gasteiger partial charge < -0.3 is 4.74 Å². The molecule has 0 fully saturated rings. The molecule has 0 aliphatic carbocycles. The van der Waals surface area contributed by atoms with Gasteiger partial charge in [-0.3, -0.25) is 0 Å². The zero-order chi connectivity index (χ0) is 16.7. The summed E-state index contributed by atoms with van der Waals surface area (Å²) in [5.41, 5.74) is 3.36. The molecule has 2 rings (SSSR count). The first kappa shape index (κ1) is 17.0. The summed E-state index contributed by atoms with van der Waals surface area (Å²) < 4.78 is 32.2. The van der Waals surface area contributed by atoms with E-state index in [0.29, 0.717) is 23.6 Å². The van der Waals surface area contributed by atoms with Crippen LogP contribution in [-0.2, 0) is 16.3 Å². The minimum absolute atomic E-state index is 0.0907. The van der Waals surface area contributed by atoms with Crippen LogP contribution in [-0.4, -0.2) is 31.6 Å². The summed E-state index contributed by atoms with van der Waals surface area (Å²) in [5.74, 6) is 0.322. The maximum Gasteiger partial charge on any atom is 0.201 e. The molecule has 1 heterocycles. The first-order valence-electron chi connectivity index (χ1n) is 6.83. The van der Waals surface area contributed by atoms with Crippen molar-refractivity contribution in [1.82, 2.24) is 9.78 Å². The van der Waals surface area contributed by atoms with E-state index in [9.17, 15) is 8.42 Å². The molecule has 22 heavy (non-hydrogen) atoms. The number of nitrogens with zero attached hydrogens (tertiary/aromatic N) is 2. The lowest BCUT2D eigenvalue weighted by Gasteiger charge is -2.11. The lowest BCUT2D eigenvalue weighted by molar-refractivity contribution is 0.397. The van der Waals surface area contributed by atoms with Gasteiger partial charge in [0.1, 0.15) is 5.69 Å². The summed E-state index contributed by atoms with van der Waals surface area (Å²) in [7, 11) is -2.02. The Morgan fingerprint density at radius 3 is 2.23 bits per heavy atom. The summed E-state index contributed by atoms with van der Waals surface area (Å²) in [6, 6.07) is 3.80. The third kappa shape index (κ3) is 2.92. The van der Waals surface area contributed by atoms with E-state index in [2.05, 4.69) is 21.0 Å². The van der Waals surface area contributed by atoms with Gasteiger partial charge in [-0.15, -0.1) is 0 Å². The van der Waals surface area contributed by atoms with Crippen molar-refractivity contribution < 1.29 is 13.2 Å². The molecule has 0 unspecified atom stereocenters. The predicted octanol–water partition coefficient (Wildman–Crippen LogP) is 3.23. The number of hydrogen-bond donors (Lipinski definition) is 0. The first-order valence-corrected chi connectivity index (χ1v) is 9.52. The number of ether oxygens (including phenoxy) is 1. The van der Waals surface area contributed by atoms with Crippen molar-refractivity contribution in [2.75, 3.05) is 13.4 Å². The van der Waals surface area contributed by atoms with Crippen LogP contribution in [0.1, 0.15) is 23.7 Å². The summed E-state index contributed by atoms with van der Waals surface area (Å²) in [6.07, 6.45) is 1.76. The molecule has 7 heteroatoms. The Morgan fingerprint density at radius 2 is 1.82 bits per heavy atom. The molecule has 0 aliphatic heterocycles. The average molecular weight is 387 g/mol. The van der Waals surface area contributed by atoms with Crippen LogP contribution < -0.4 is 4.74 Å². The number of halogens is 1. The zero-order valence-electron chi connectivity index (χ0n) is 13.3. The van der Waals surface area contributed by atoms with E-state index in [-0.39, 0.29) is 5.03 Å². The van der Waals surface area contributed by atoms with Crippen molar-refractivity contribution in [3.63, 3.8) is 0 Å². The summed E-state index contributed by atoms with van der Waals surface area (Å²) in [6.45, 7) is 5.84. The molecule has 0 saturated carbocycles. The van der Waals surface area contributed by atoms with Crippen molar-refractivity contribution in [3.8, 4) is 11.4 Å². The lowest BCUT2D eigenvalue weighted by Crippen LogP contribution is -2.09. The Hall–Kier alpha value is -1.34. The number of sulfone groups is 1. The highest BCUT2D eigenvalue weighted by Crippen LogP contribution is 2.32. The van der Waals surface area contributed by atoms with E-state index in [0.717, 1.165) is 15.6 Å². The van der Waals surface area contributed by atoms with Gasteiger partial charge in [-0.2, -0.15) is 5.10 Å². The number of aromatic nitrogens is 2. The summed E-state index contributed by atoms with van der Waals surface area (Å²) >= 11 is 3.52. The molecule has 5 nitrogen and oxygen atoms in total. The quantitative estimate of drug-likeness (QED) is 0.808. The minimum atomic E-state index is -3.49. The first-order chi connectivity index (χ1) is 10.2. The van der Waals surface area contributed by atoms with E-state index >= 15 is 0 Å². The van der Waals surface area contributed by atoms with Crippen LogP contribution in [0.4, 0.5) is 0 Å². The molecule has 0 bridgehead atoms. The second kappa shape index (κ2) is 6.04. The number of hydrogen-bond acceptors (Lipinski definition) is 4. The van der Waals surface area contributed by atoms with Crippen molar-refractivity contribution in [1.29, 1.82) is 0 Å². The van der Waals surface area contributed by atoms with E-state index < -0.39 is 9.84 Å². The van der Waals surface area contributed by atoms with Crippen LogP contribution in [0, 0.1) is 13.8 Å². The van der Waals surface area contributed by atoms with Gasteiger partial charge in [0.25, 0.3) is 0 Å². The maximum absolute atomic E-state index is 12.2. The van der Waals surface area contributed by atoms with E-state index in [4.69, 9.17) is 4.74 Å². The molecule has 0 amide bonds. The number of rotatable bonds is 4. The summed E-state index contributed by atoms with van der Waals surface area (Å²) in [5, 5.41) is 4.54. The van der Waals surface area contributed by atoms with Crippen LogP contribution in [0.25, 0.3) is 5.69 Å². The molecule has 120 valence electrons.